The normalized spacial score (nSPS) is 14.4. The summed E-state index contributed by atoms with van der Waals surface area (Å²) in [5.41, 5.74) is 0.285. The highest BCUT2D eigenvalue weighted by atomic mass is 16.4. The Labute approximate surface area is 110 Å². The second kappa shape index (κ2) is 4.28. The molecule has 6 nitrogen and oxygen atoms in total. The van der Waals surface area contributed by atoms with E-state index in [4.69, 9.17) is 5.11 Å². The Bertz CT molecular complexity index is 602. The molecule has 0 spiro atoms. The second-order valence-corrected chi connectivity index (χ2v) is 4.84. The molecule has 6 heteroatoms. The predicted octanol–water partition coefficient (Wildman–Crippen LogP) is 1.45. The van der Waals surface area contributed by atoms with E-state index in [9.17, 15) is 14.9 Å². The number of carbonyl (C=O) groups excluding carboxylic acids is 1. The van der Waals surface area contributed by atoms with E-state index in [1.807, 2.05) is 0 Å². The topological polar surface area (TPSA) is 93.4 Å². The van der Waals surface area contributed by atoms with E-state index in [0.717, 1.165) is 0 Å². The van der Waals surface area contributed by atoms with E-state index < -0.39 is 11.5 Å². The average Bonchev–Trinajstić information content (AvgIpc) is 2.37. The quantitative estimate of drug-likeness (QED) is 0.838. The number of carbonyl (C=O) groups is 2. The fraction of sp³-hybridized carbons (Fsp3) is 0.308. The van der Waals surface area contributed by atoms with Gasteiger partial charge in [-0.3, -0.25) is 4.79 Å². The summed E-state index contributed by atoms with van der Waals surface area (Å²) in [6.45, 7) is 3.39. The van der Waals surface area contributed by atoms with Gasteiger partial charge in [-0.1, -0.05) is 0 Å². The Morgan fingerprint density at radius 2 is 2.21 bits per heavy atom. The number of carboxylic acids is 1. The van der Waals surface area contributed by atoms with Crippen LogP contribution in [-0.4, -0.2) is 29.1 Å². The highest BCUT2D eigenvalue weighted by Crippen LogP contribution is 2.34. The standard InChI is InChI=1S/C13H13N3O3/c1-13(2,7-14)16-6-11(17)15-9-4-3-8(12(18)19)5-10(9)16/h3-5H,6H2,1-2H3,(H,15,17)(H,18,19). The van der Waals surface area contributed by atoms with Gasteiger partial charge < -0.3 is 15.3 Å². The zero-order valence-electron chi connectivity index (χ0n) is 10.6. The maximum absolute atomic E-state index is 11.6. The van der Waals surface area contributed by atoms with Crippen molar-refractivity contribution >= 4 is 23.3 Å². The molecule has 1 aliphatic heterocycles. The number of hydrogen-bond donors (Lipinski definition) is 2. The molecule has 0 unspecified atom stereocenters. The van der Waals surface area contributed by atoms with E-state index >= 15 is 0 Å². The van der Waals surface area contributed by atoms with Gasteiger partial charge in [0.05, 0.1) is 29.6 Å². The molecule has 0 saturated carbocycles. The molecule has 1 aliphatic rings. The van der Waals surface area contributed by atoms with Crippen LogP contribution in [0.1, 0.15) is 24.2 Å². The first kappa shape index (κ1) is 12.9. The first-order chi connectivity index (χ1) is 8.85. The molecule has 1 aromatic rings. The van der Waals surface area contributed by atoms with Crippen molar-refractivity contribution in [1.82, 2.24) is 0 Å². The molecule has 98 valence electrons. The van der Waals surface area contributed by atoms with Crippen molar-refractivity contribution < 1.29 is 14.7 Å². The highest BCUT2D eigenvalue weighted by Gasteiger charge is 2.33. The minimum absolute atomic E-state index is 0.0244. The van der Waals surface area contributed by atoms with Crippen LogP contribution in [-0.2, 0) is 4.79 Å². The molecule has 1 amide bonds. The van der Waals surface area contributed by atoms with Crippen LogP contribution >= 0.6 is 0 Å². The summed E-state index contributed by atoms with van der Waals surface area (Å²) in [4.78, 5) is 24.2. The summed E-state index contributed by atoms with van der Waals surface area (Å²) >= 11 is 0. The lowest BCUT2D eigenvalue weighted by Crippen LogP contribution is -2.50. The Morgan fingerprint density at radius 3 is 2.79 bits per heavy atom. The maximum atomic E-state index is 11.6. The van der Waals surface area contributed by atoms with E-state index in [0.29, 0.717) is 11.4 Å². The van der Waals surface area contributed by atoms with E-state index in [2.05, 4.69) is 11.4 Å². The molecule has 1 heterocycles. The van der Waals surface area contributed by atoms with Gasteiger partial charge in [-0.25, -0.2) is 4.79 Å². The molecule has 0 radical (unpaired) electrons. The number of fused-ring (bicyclic) bond motifs is 1. The third-order valence-electron chi connectivity index (χ3n) is 3.06. The smallest absolute Gasteiger partial charge is 0.335 e. The molecular formula is C13H13N3O3. The number of benzene rings is 1. The van der Waals surface area contributed by atoms with Crippen molar-refractivity contribution in [2.75, 3.05) is 16.8 Å². The van der Waals surface area contributed by atoms with Crippen molar-refractivity contribution in [1.29, 1.82) is 5.26 Å². The molecule has 19 heavy (non-hydrogen) atoms. The van der Waals surface area contributed by atoms with Crippen molar-refractivity contribution in [3.8, 4) is 6.07 Å². The predicted molar refractivity (Wildman–Crippen MR) is 69.1 cm³/mol. The molecule has 1 aromatic carbocycles. The Balaban J connectivity index is 2.57. The number of nitrogens with one attached hydrogen (secondary N) is 1. The summed E-state index contributed by atoms with van der Waals surface area (Å²) in [5, 5.41) is 20.9. The van der Waals surface area contributed by atoms with Crippen molar-refractivity contribution in [3.05, 3.63) is 23.8 Å². The Kier molecular flexibility index (Phi) is 2.91. The van der Waals surface area contributed by atoms with E-state index in [1.54, 1.807) is 18.7 Å². The molecule has 0 saturated heterocycles. The van der Waals surface area contributed by atoms with Gasteiger partial charge >= 0.3 is 5.97 Å². The lowest BCUT2D eigenvalue weighted by Gasteiger charge is -2.38. The fourth-order valence-corrected chi connectivity index (χ4v) is 1.97. The highest BCUT2D eigenvalue weighted by molar-refractivity contribution is 6.03. The fourth-order valence-electron chi connectivity index (χ4n) is 1.97. The Hall–Kier alpha value is -2.55. The summed E-state index contributed by atoms with van der Waals surface area (Å²) in [5.74, 6) is -1.27. The van der Waals surface area contributed by atoms with Crippen molar-refractivity contribution in [2.24, 2.45) is 0 Å². The number of aromatic carboxylic acids is 1. The van der Waals surface area contributed by atoms with Crippen LogP contribution in [0, 0.1) is 11.3 Å². The number of anilines is 2. The number of carboxylic acid groups (broad SMARTS) is 1. The number of amides is 1. The summed E-state index contributed by atoms with van der Waals surface area (Å²) < 4.78 is 0. The second-order valence-electron chi connectivity index (χ2n) is 4.84. The summed E-state index contributed by atoms with van der Waals surface area (Å²) in [6, 6.07) is 6.55. The first-order valence-corrected chi connectivity index (χ1v) is 5.71. The van der Waals surface area contributed by atoms with Crippen LogP contribution in [0.15, 0.2) is 18.2 Å². The number of rotatable bonds is 2. The zero-order chi connectivity index (χ0) is 14.2. The first-order valence-electron chi connectivity index (χ1n) is 5.71. The van der Waals surface area contributed by atoms with Crippen LogP contribution < -0.4 is 10.2 Å². The maximum Gasteiger partial charge on any atom is 0.335 e. The number of hydrogen-bond acceptors (Lipinski definition) is 4. The van der Waals surface area contributed by atoms with Gasteiger partial charge in [0.25, 0.3) is 0 Å². The van der Waals surface area contributed by atoms with Gasteiger partial charge in [0.15, 0.2) is 0 Å². The third-order valence-corrected chi connectivity index (χ3v) is 3.06. The van der Waals surface area contributed by atoms with Gasteiger partial charge in [-0.15, -0.1) is 0 Å². The van der Waals surface area contributed by atoms with Gasteiger partial charge in [-0.2, -0.15) is 5.26 Å². The van der Waals surface area contributed by atoms with Gasteiger partial charge in [-0.05, 0) is 32.0 Å². The minimum atomic E-state index is -1.05. The van der Waals surface area contributed by atoms with Crippen molar-refractivity contribution in [3.63, 3.8) is 0 Å². The van der Waals surface area contributed by atoms with E-state index in [-0.39, 0.29) is 18.0 Å². The van der Waals surface area contributed by atoms with Gasteiger partial charge in [0.2, 0.25) is 5.91 Å². The molecule has 0 bridgehead atoms. The van der Waals surface area contributed by atoms with Gasteiger partial charge in [0, 0.05) is 0 Å². The minimum Gasteiger partial charge on any atom is -0.478 e. The monoisotopic (exact) mass is 259 g/mol. The van der Waals surface area contributed by atoms with Gasteiger partial charge in [0.1, 0.15) is 5.54 Å². The third kappa shape index (κ3) is 2.22. The molecule has 0 aliphatic carbocycles. The molecular weight excluding hydrogens is 246 g/mol. The molecule has 2 rings (SSSR count). The molecule has 0 aromatic heterocycles. The lowest BCUT2D eigenvalue weighted by molar-refractivity contribution is -0.115. The number of nitrogens with zero attached hydrogens (tertiary/aromatic N) is 2. The van der Waals surface area contributed by atoms with Crippen LogP contribution in [0.25, 0.3) is 0 Å². The number of nitriles is 1. The Morgan fingerprint density at radius 1 is 1.53 bits per heavy atom. The largest absolute Gasteiger partial charge is 0.478 e. The summed E-state index contributed by atoms with van der Waals surface area (Å²) in [7, 11) is 0. The van der Waals surface area contributed by atoms with Crippen LogP contribution in [0.3, 0.4) is 0 Å². The molecule has 0 fully saturated rings. The average molecular weight is 259 g/mol. The van der Waals surface area contributed by atoms with Crippen molar-refractivity contribution in [2.45, 2.75) is 19.4 Å². The zero-order valence-corrected chi connectivity index (χ0v) is 10.6. The lowest BCUT2D eigenvalue weighted by atomic mass is 10.0. The van der Waals surface area contributed by atoms with Crippen LogP contribution in [0.5, 0.6) is 0 Å². The SMILES string of the molecule is CC(C)(C#N)N1CC(=O)Nc2ccc(C(=O)O)cc21. The summed E-state index contributed by atoms with van der Waals surface area (Å²) in [6.07, 6.45) is 0. The van der Waals surface area contributed by atoms with Crippen LogP contribution in [0.2, 0.25) is 0 Å². The molecule has 0 atom stereocenters. The van der Waals surface area contributed by atoms with E-state index in [1.165, 1.54) is 18.2 Å². The molecule has 2 N–H and O–H groups in total. The van der Waals surface area contributed by atoms with Crippen LogP contribution in [0.4, 0.5) is 11.4 Å².